The molecule has 1 aromatic carbocycles. The van der Waals surface area contributed by atoms with Gasteiger partial charge in [0.1, 0.15) is 17.3 Å². The van der Waals surface area contributed by atoms with E-state index in [2.05, 4.69) is 15.3 Å². The monoisotopic (exact) mass is 508 g/mol. The third kappa shape index (κ3) is 7.67. The first kappa shape index (κ1) is 27.5. The van der Waals surface area contributed by atoms with Crippen LogP contribution in [0, 0.1) is 6.92 Å². The number of nitrogens with two attached hydrogens (primary N) is 1. The lowest BCUT2D eigenvalue weighted by Crippen LogP contribution is -2.24. The number of hydrogen-bond acceptors (Lipinski definition) is 5. The van der Waals surface area contributed by atoms with Gasteiger partial charge in [0.05, 0.1) is 18.9 Å². The number of ether oxygens (including phenoxy) is 1. The fourth-order valence-electron chi connectivity index (χ4n) is 3.45. The van der Waals surface area contributed by atoms with Gasteiger partial charge in [0.15, 0.2) is 0 Å². The van der Waals surface area contributed by atoms with Gasteiger partial charge in [-0.2, -0.15) is 0 Å². The minimum atomic E-state index is -0.440. The number of carbonyl (C=O) groups excluding carboxylic acids is 1. The number of aromatic nitrogens is 2. The van der Waals surface area contributed by atoms with E-state index in [1.807, 2.05) is 54.6 Å². The van der Waals surface area contributed by atoms with Crippen LogP contribution in [0.1, 0.15) is 48.6 Å². The van der Waals surface area contributed by atoms with Gasteiger partial charge in [0.25, 0.3) is 0 Å². The van der Waals surface area contributed by atoms with Gasteiger partial charge >= 0.3 is 6.09 Å². The van der Waals surface area contributed by atoms with E-state index in [0.717, 1.165) is 40.4 Å². The van der Waals surface area contributed by atoms with E-state index in [-0.39, 0.29) is 0 Å². The maximum atomic E-state index is 12.1. The molecule has 186 valence electrons. The van der Waals surface area contributed by atoms with Gasteiger partial charge in [0.2, 0.25) is 0 Å². The normalized spacial score (nSPS) is 12.1. The molecular formula is C24H34Cl2N6O2. The van der Waals surface area contributed by atoms with Crippen LogP contribution in [-0.2, 0) is 17.8 Å². The maximum Gasteiger partial charge on any atom is 0.407 e. The van der Waals surface area contributed by atoms with Crippen LogP contribution in [0.3, 0.4) is 0 Å². The Morgan fingerprint density at radius 1 is 1.38 bits per heavy atom. The average molecular weight is 509 g/mol. The molecule has 0 radical (unpaired) electrons. The fourth-order valence-corrected chi connectivity index (χ4v) is 3.93. The minimum Gasteiger partial charge on any atom is -0.450 e. The van der Waals surface area contributed by atoms with E-state index in [0.29, 0.717) is 43.7 Å². The van der Waals surface area contributed by atoms with Crippen molar-refractivity contribution in [1.82, 2.24) is 14.9 Å². The van der Waals surface area contributed by atoms with E-state index in [9.17, 15) is 4.79 Å². The van der Waals surface area contributed by atoms with Crippen molar-refractivity contribution in [3.8, 4) is 0 Å². The molecule has 0 aliphatic rings. The first-order valence-corrected chi connectivity index (χ1v) is 12.1. The Morgan fingerprint density at radius 3 is 2.79 bits per heavy atom. The molecule has 1 heterocycles. The molecule has 0 atom stereocenters. The number of carbonyl (C=O) groups is 1. The number of hydrogen-bond donors (Lipinski definition) is 2. The van der Waals surface area contributed by atoms with Crippen molar-refractivity contribution in [3.05, 3.63) is 53.0 Å². The molecule has 0 unspecified atom stereocenters. The van der Waals surface area contributed by atoms with Crippen LogP contribution in [0.25, 0.3) is 5.03 Å². The lowest BCUT2D eigenvalue weighted by molar-refractivity contribution is 0.143. The Kier molecular flexibility index (Phi) is 11.2. The van der Waals surface area contributed by atoms with Crippen LogP contribution in [0.4, 0.5) is 10.6 Å². The van der Waals surface area contributed by atoms with Crippen LogP contribution >= 0.6 is 23.2 Å². The van der Waals surface area contributed by atoms with Crippen LogP contribution < -0.4 is 16.0 Å². The third-order valence-electron chi connectivity index (χ3n) is 5.23. The Hall–Kier alpha value is -2.71. The number of aliphatic imine (C=N–C) groups is 1. The molecule has 8 nitrogen and oxygen atoms in total. The quantitative estimate of drug-likeness (QED) is 0.140. The predicted molar refractivity (Wildman–Crippen MR) is 141 cm³/mol. The highest BCUT2D eigenvalue weighted by Gasteiger charge is 2.17. The standard InChI is InChI=1S/C24H34Cl2N6O2/c1-5-8-20(26)19-10-9-18(13-17(19)2)14-29-24(33)34-12-7-6-11-32-16-30-21(22(27)28-3)23(32)31(4)15-25/h8-10,13,16H,5-7,11-12,14-15H2,1-4H3,(H2,27,28)(H,29,33). The SMILES string of the molecule is CCC=C(Cl)c1ccc(CNC(=O)OCCCCn2cnc(C(N)=NC)c2N(C)CCl)cc1C. The number of allylic oxidation sites excluding steroid dienone is 1. The number of aryl methyl sites for hydroxylation is 2. The number of amides is 1. The van der Waals surface area contributed by atoms with Crippen molar-refractivity contribution in [2.75, 3.05) is 31.6 Å². The topological polar surface area (TPSA) is 97.8 Å². The lowest BCUT2D eigenvalue weighted by Gasteiger charge is -2.19. The summed E-state index contributed by atoms with van der Waals surface area (Å²) in [6, 6.07) is 6.25. The van der Waals surface area contributed by atoms with Crippen molar-refractivity contribution in [3.63, 3.8) is 0 Å². The summed E-state index contributed by atoms with van der Waals surface area (Å²) in [5, 5.41) is 3.53. The molecule has 3 N–H and O–H groups in total. The van der Waals surface area contributed by atoms with Crippen LogP contribution in [0.5, 0.6) is 0 Å². The summed E-state index contributed by atoms with van der Waals surface area (Å²) in [5.74, 6) is 1.17. The Balaban J connectivity index is 1.78. The van der Waals surface area contributed by atoms with E-state index >= 15 is 0 Å². The highest BCUT2D eigenvalue weighted by atomic mass is 35.5. The summed E-state index contributed by atoms with van der Waals surface area (Å²) in [4.78, 5) is 22.3. The number of imidazole rings is 1. The van der Waals surface area contributed by atoms with E-state index in [1.165, 1.54) is 0 Å². The zero-order valence-corrected chi connectivity index (χ0v) is 21.8. The molecule has 1 aromatic heterocycles. The third-order valence-corrected chi connectivity index (χ3v) is 5.95. The van der Waals surface area contributed by atoms with Crippen molar-refractivity contribution >= 4 is 46.0 Å². The molecule has 10 heteroatoms. The van der Waals surface area contributed by atoms with Crippen LogP contribution in [0.15, 0.2) is 35.6 Å². The molecule has 2 aromatic rings. The second-order valence-electron chi connectivity index (χ2n) is 7.84. The van der Waals surface area contributed by atoms with Gasteiger partial charge in [-0.1, -0.05) is 42.8 Å². The van der Waals surface area contributed by atoms with Crippen molar-refractivity contribution in [1.29, 1.82) is 0 Å². The summed E-state index contributed by atoms with van der Waals surface area (Å²) in [5.41, 5.74) is 9.62. The maximum absolute atomic E-state index is 12.1. The van der Waals surface area contributed by atoms with Gasteiger partial charge in [-0.05, 0) is 42.9 Å². The lowest BCUT2D eigenvalue weighted by atomic mass is 10.0. The molecule has 34 heavy (non-hydrogen) atoms. The second kappa shape index (κ2) is 13.9. The van der Waals surface area contributed by atoms with Gasteiger partial charge in [-0.15, -0.1) is 11.6 Å². The van der Waals surface area contributed by atoms with Crippen molar-refractivity contribution in [2.24, 2.45) is 10.7 Å². The molecule has 0 spiro atoms. The first-order valence-electron chi connectivity index (χ1n) is 11.2. The Morgan fingerprint density at radius 2 is 2.15 bits per heavy atom. The van der Waals surface area contributed by atoms with Crippen molar-refractivity contribution < 1.29 is 9.53 Å². The number of rotatable bonds is 12. The number of amidine groups is 1. The largest absolute Gasteiger partial charge is 0.450 e. The molecule has 0 saturated carbocycles. The smallest absolute Gasteiger partial charge is 0.407 e. The highest BCUT2D eigenvalue weighted by Crippen LogP contribution is 2.24. The number of halogens is 2. The van der Waals surface area contributed by atoms with E-state index in [1.54, 1.807) is 13.4 Å². The van der Waals surface area contributed by atoms with Gasteiger partial charge in [0, 0.05) is 32.2 Å². The zero-order valence-electron chi connectivity index (χ0n) is 20.3. The average Bonchev–Trinajstić information content (AvgIpc) is 3.25. The summed E-state index contributed by atoms with van der Waals surface area (Å²) < 4.78 is 7.29. The van der Waals surface area contributed by atoms with Crippen molar-refractivity contribution in [2.45, 2.75) is 46.2 Å². The van der Waals surface area contributed by atoms with Crippen LogP contribution in [-0.4, -0.2) is 48.2 Å². The Bertz CT molecular complexity index is 1020. The van der Waals surface area contributed by atoms with Gasteiger partial charge < -0.3 is 25.3 Å². The zero-order chi connectivity index (χ0) is 25.1. The molecule has 0 aliphatic heterocycles. The Labute approximate surface area is 211 Å². The van der Waals surface area contributed by atoms with E-state index < -0.39 is 6.09 Å². The summed E-state index contributed by atoms with van der Waals surface area (Å²) in [6.45, 7) is 5.45. The number of anilines is 1. The number of unbranched alkanes of at least 4 members (excludes halogenated alkanes) is 1. The fraction of sp³-hybridized carbons (Fsp3) is 0.458. The number of nitrogens with zero attached hydrogens (tertiary/aromatic N) is 4. The first-order chi connectivity index (χ1) is 16.3. The second-order valence-corrected chi connectivity index (χ2v) is 8.49. The summed E-state index contributed by atoms with van der Waals surface area (Å²) in [7, 11) is 3.49. The summed E-state index contributed by atoms with van der Waals surface area (Å²) in [6.07, 6.45) is 5.64. The highest BCUT2D eigenvalue weighted by molar-refractivity contribution is 6.48. The van der Waals surface area contributed by atoms with E-state index in [4.69, 9.17) is 33.7 Å². The van der Waals surface area contributed by atoms with Crippen LogP contribution in [0.2, 0.25) is 0 Å². The number of benzene rings is 1. The van der Waals surface area contributed by atoms with Gasteiger partial charge in [-0.3, -0.25) is 4.99 Å². The summed E-state index contributed by atoms with van der Waals surface area (Å²) >= 11 is 12.3. The van der Waals surface area contributed by atoms with Gasteiger partial charge in [-0.25, -0.2) is 9.78 Å². The molecular weight excluding hydrogens is 475 g/mol. The molecule has 0 aliphatic carbocycles. The molecule has 0 bridgehead atoms. The minimum absolute atomic E-state index is 0.295. The molecule has 0 saturated heterocycles. The molecule has 0 fully saturated rings. The number of alkyl halides is 1. The number of nitrogens with one attached hydrogen (secondary N) is 1. The number of alkyl carbamates (subject to hydrolysis) is 1. The molecule has 1 amide bonds. The predicted octanol–water partition coefficient (Wildman–Crippen LogP) is 4.86. The molecule has 2 rings (SSSR count).